The molecule has 0 unspecified atom stereocenters. The molecule has 0 aromatic heterocycles. The standard InChI is InChI=1S/C14H13ClN2O5/c15-8-4-5-11(14(19)20)12(6-8)13(18)16-9-2-1-3-10(7-9)17(21)22/h1-4,7,11-12H,5-6H2,(H,16,18)(H,19,20)/p-1/t11-,12-/m0/s1. The van der Waals surface area contributed by atoms with Crippen LogP contribution in [-0.2, 0) is 9.59 Å². The number of rotatable bonds is 4. The lowest BCUT2D eigenvalue weighted by Gasteiger charge is -2.29. The van der Waals surface area contributed by atoms with Crippen molar-refractivity contribution < 1.29 is 19.6 Å². The highest BCUT2D eigenvalue weighted by atomic mass is 35.5. The number of benzene rings is 1. The Morgan fingerprint density at radius 2 is 2.05 bits per heavy atom. The Hall–Kier alpha value is -2.41. The molecule has 1 aromatic rings. The second kappa shape index (κ2) is 6.57. The molecular weight excluding hydrogens is 312 g/mol. The number of hydrogen-bond acceptors (Lipinski definition) is 5. The van der Waals surface area contributed by atoms with Crippen molar-refractivity contribution in [1.82, 2.24) is 0 Å². The number of carbonyl (C=O) groups is 2. The van der Waals surface area contributed by atoms with Crippen LogP contribution < -0.4 is 10.4 Å². The Morgan fingerprint density at radius 3 is 2.68 bits per heavy atom. The Morgan fingerprint density at radius 1 is 1.32 bits per heavy atom. The molecule has 2 atom stereocenters. The van der Waals surface area contributed by atoms with Gasteiger partial charge in [-0.15, -0.1) is 0 Å². The smallest absolute Gasteiger partial charge is 0.271 e. The van der Waals surface area contributed by atoms with Crippen molar-refractivity contribution in [2.75, 3.05) is 5.32 Å². The number of anilines is 1. The summed E-state index contributed by atoms with van der Waals surface area (Å²) in [6.07, 6.45) is 1.77. The van der Waals surface area contributed by atoms with Gasteiger partial charge in [0.2, 0.25) is 5.91 Å². The Kier molecular flexibility index (Phi) is 4.77. The first kappa shape index (κ1) is 16.0. The molecule has 22 heavy (non-hydrogen) atoms. The van der Waals surface area contributed by atoms with Crippen LogP contribution in [-0.4, -0.2) is 16.8 Å². The molecule has 0 fully saturated rings. The molecule has 2 rings (SSSR count). The number of nitro groups is 1. The molecule has 0 bridgehead atoms. The Balaban J connectivity index is 2.17. The van der Waals surface area contributed by atoms with Gasteiger partial charge >= 0.3 is 0 Å². The highest BCUT2D eigenvalue weighted by Crippen LogP contribution is 2.32. The number of amides is 1. The first-order valence-electron chi connectivity index (χ1n) is 6.49. The fourth-order valence-electron chi connectivity index (χ4n) is 2.32. The van der Waals surface area contributed by atoms with E-state index in [9.17, 15) is 24.8 Å². The molecule has 116 valence electrons. The summed E-state index contributed by atoms with van der Waals surface area (Å²) < 4.78 is 0. The van der Waals surface area contributed by atoms with Gasteiger partial charge in [0.15, 0.2) is 0 Å². The molecule has 7 nitrogen and oxygen atoms in total. The number of halogens is 1. The van der Waals surface area contributed by atoms with Crippen LogP contribution in [0.1, 0.15) is 12.8 Å². The van der Waals surface area contributed by atoms with Crippen LogP contribution in [0.2, 0.25) is 0 Å². The van der Waals surface area contributed by atoms with Gasteiger partial charge in [-0.1, -0.05) is 23.7 Å². The largest absolute Gasteiger partial charge is 0.550 e. The fraction of sp³-hybridized carbons (Fsp3) is 0.286. The van der Waals surface area contributed by atoms with Crippen molar-refractivity contribution in [3.63, 3.8) is 0 Å². The average Bonchev–Trinajstić information content (AvgIpc) is 2.47. The summed E-state index contributed by atoms with van der Waals surface area (Å²) >= 11 is 5.87. The molecule has 0 saturated heterocycles. The molecule has 1 amide bonds. The third-order valence-electron chi connectivity index (χ3n) is 3.46. The molecule has 0 aliphatic heterocycles. The lowest BCUT2D eigenvalue weighted by atomic mass is 9.82. The zero-order valence-corrected chi connectivity index (χ0v) is 12.1. The summed E-state index contributed by atoms with van der Waals surface area (Å²) in [5.74, 6) is -3.72. The normalized spacial score (nSPS) is 20.9. The van der Waals surface area contributed by atoms with Gasteiger partial charge in [0, 0.05) is 34.7 Å². The van der Waals surface area contributed by atoms with Gasteiger partial charge < -0.3 is 15.2 Å². The molecule has 0 radical (unpaired) electrons. The van der Waals surface area contributed by atoms with Crippen molar-refractivity contribution in [1.29, 1.82) is 0 Å². The monoisotopic (exact) mass is 323 g/mol. The van der Waals surface area contributed by atoms with Gasteiger partial charge in [-0.05, 0) is 18.9 Å². The molecular formula is C14H12ClN2O5-. The van der Waals surface area contributed by atoms with E-state index >= 15 is 0 Å². The number of carboxylic acids is 1. The summed E-state index contributed by atoms with van der Waals surface area (Å²) in [5, 5.41) is 24.7. The SMILES string of the molecule is O=C([O-])[C@H]1CC=C(Cl)C[C@@H]1C(=O)Nc1cccc([N+](=O)[O-])c1. The number of carbonyl (C=O) groups excluding carboxylic acids is 2. The summed E-state index contributed by atoms with van der Waals surface area (Å²) in [7, 11) is 0. The number of nitrogens with zero attached hydrogens (tertiary/aromatic N) is 1. The average molecular weight is 324 g/mol. The van der Waals surface area contributed by atoms with Gasteiger partial charge in [-0.3, -0.25) is 14.9 Å². The van der Waals surface area contributed by atoms with Crippen LogP contribution in [0.5, 0.6) is 0 Å². The van der Waals surface area contributed by atoms with E-state index in [-0.39, 0.29) is 24.2 Å². The minimum absolute atomic E-state index is 0.0982. The van der Waals surface area contributed by atoms with Crippen molar-refractivity contribution in [3.05, 3.63) is 45.5 Å². The summed E-state index contributed by atoms with van der Waals surface area (Å²) in [6.45, 7) is 0. The summed E-state index contributed by atoms with van der Waals surface area (Å²) in [6, 6.07) is 5.41. The van der Waals surface area contributed by atoms with E-state index in [0.717, 1.165) is 0 Å². The van der Waals surface area contributed by atoms with Crippen LogP contribution in [0.25, 0.3) is 0 Å². The number of allylic oxidation sites excluding steroid dienone is 2. The number of aliphatic carboxylic acids is 1. The van der Waals surface area contributed by atoms with E-state index < -0.39 is 28.6 Å². The van der Waals surface area contributed by atoms with E-state index in [1.807, 2.05) is 0 Å². The molecule has 0 heterocycles. The number of carboxylic acid groups (broad SMARTS) is 1. The van der Waals surface area contributed by atoms with Crippen molar-refractivity contribution in [3.8, 4) is 0 Å². The Labute approximate surface area is 130 Å². The first-order chi connectivity index (χ1) is 10.4. The molecule has 8 heteroatoms. The molecule has 0 saturated carbocycles. The van der Waals surface area contributed by atoms with E-state index in [1.165, 1.54) is 24.3 Å². The van der Waals surface area contributed by atoms with Crippen molar-refractivity contribution in [2.24, 2.45) is 11.8 Å². The van der Waals surface area contributed by atoms with E-state index in [4.69, 9.17) is 11.6 Å². The maximum atomic E-state index is 12.3. The van der Waals surface area contributed by atoms with Gasteiger partial charge in [-0.2, -0.15) is 0 Å². The highest BCUT2D eigenvalue weighted by Gasteiger charge is 2.32. The molecule has 1 N–H and O–H groups in total. The molecule has 0 spiro atoms. The fourth-order valence-corrected chi connectivity index (χ4v) is 2.58. The maximum Gasteiger partial charge on any atom is 0.271 e. The quantitative estimate of drug-likeness (QED) is 0.665. The minimum atomic E-state index is -1.32. The molecule has 1 aliphatic rings. The third-order valence-corrected chi connectivity index (χ3v) is 3.77. The lowest BCUT2D eigenvalue weighted by Crippen LogP contribution is -2.42. The number of nitro benzene ring substituents is 1. The second-order valence-corrected chi connectivity index (χ2v) is 5.41. The Bertz CT molecular complexity index is 658. The van der Waals surface area contributed by atoms with E-state index in [2.05, 4.69) is 5.32 Å². The number of non-ortho nitro benzene ring substituents is 1. The summed E-state index contributed by atoms with van der Waals surface area (Å²) in [4.78, 5) is 33.5. The van der Waals surface area contributed by atoms with Crippen LogP contribution in [0.15, 0.2) is 35.4 Å². The first-order valence-corrected chi connectivity index (χ1v) is 6.87. The number of nitrogens with one attached hydrogen (secondary N) is 1. The van der Waals surface area contributed by atoms with Gasteiger partial charge in [0.05, 0.1) is 10.8 Å². The van der Waals surface area contributed by atoms with E-state index in [1.54, 1.807) is 6.08 Å². The van der Waals surface area contributed by atoms with Crippen LogP contribution >= 0.6 is 11.6 Å². The van der Waals surface area contributed by atoms with Crippen LogP contribution in [0, 0.1) is 22.0 Å². The minimum Gasteiger partial charge on any atom is -0.550 e. The molecule has 1 aliphatic carbocycles. The zero-order chi connectivity index (χ0) is 16.3. The molecule has 1 aromatic carbocycles. The van der Waals surface area contributed by atoms with Crippen LogP contribution in [0.4, 0.5) is 11.4 Å². The van der Waals surface area contributed by atoms with E-state index in [0.29, 0.717) is 5.03 Å². The van der Waals surface area contributed by atoms with Gasteiger partial charge in [0.25, 0.3) is 5.69 Å². The maximum absolute atomic E-state index is 12.3. The predicted molar refractivity (Wildman–Crippen MR) is 76.9 cm³/mol. The van der Waals surface area contributed by atoms with Crippen LogP contribution in [0.3, 0.4) is 0 Å². The van der Waals surface area contributed by atoms with Gasteiger partial charge in [0.1, 0.15) is 0 Å². The summed E-state index contributed by atoms with van der Waals surface area (Å²) in [5.41, 5.74) is 0.0535. The predicted octanol–water partition coefficient (Wildman–Crippen LogP) is 1.43. The van der Waals surface area contributed by atoms with Gasteiger partial charge in [-0.25, -0.2) is 0 Å². The highest BCUT2D eigenvalue weighted by molar-refractivity contribution is 6.29. The second-order valence-electron chi connectivity index (χ2n) is 4.92. The van der Waals surface area contributed by atoms with Crippen molar-refractivity contribution >= 4 is 34.9 Å². The lowest BCUT2D eigenvalue weighted by molar-refractivity contribution is -0.384. The zero-order valence-electron chi connectivity index (χ0n) is 11.3. The van der Waals surface area contributed by atoms with Crippen molar-refractivity contribution in [2.45, 2.75) is 12.8 Å². The number of hydrogen-bond donors (Lipinski definition) is 1. The topological polar surface area (TPSA) is 112 Å². The third kappa shape index (κ3) is 3.62.